The van der Waals surface area contributed by atoms with E-state index < -0.39 is 0 Å². The third kappa shape index (κ3) is 1.22. The molecule has 0 unspecified atom stereocenters. The number of hydrogen-bond acceptors (Lipinski definition) is 1. The molecule has 1 saturated heterocycles. The second-order valence-electron chi connectivity index (χ2n) is 3.79. The van der Waals surface area contributed by atoms with E-state index >= 15 is 0 Å². The number of amides is 1. The van der Waals surface area contributed by atoms with Gasteiger partial charge < -0.3 is 4.90 Å². The van der Waals surface area contributed by atoms with E-state index in [-0.39, 0.29) is 5.91 Å². The maximum Gasteiger partial charge on any atom is 0.228 e. The van der Waals surface area contributed by atoms with Crippen LogP contribution in [-0.4, -0.2) is 12.5 Å². The standard InChI is InChI=1S/C13H11NO/c15-13-8-9-14(13)12-7-3-5-10-4-1-2-6-11(10)12/h1-7H,8-9H2. The number of anilines is 1. The Kier molecular flexibility index (Phi) is 1.75. The molecule has 2 aromatic rings. The molecular weight excluding hydrogens is 186 g/mol. The van der Waals surface area contributed by atoms with Crippen molar-refractivity contribution in [2.45, 2.75) is 6.42 Å². The smallest absolute Gasteiger partial charge is 0.228 e. The Morgan fingerprint density at radius 2 is 1.80 bits per heavy atom. The van der Waals surface area contributed by atoms with Crippen molar-refractivity contribution in [2.75, 3.05) is 11.4 Å². The summed E-state index contributed by atoms with van der Waals surface area (Å²) in [6, 6.07) is 14.3. The van der Waals surface area contributed by atoms with Gasteiger partial charge in [-0.1, -0.05) is 36.4 Å². The normalized spacial score (nSPS) is 15.5. The highest BCUT2D eigenvalue weighted by Crippen LogP contribution is 2.30. The van der Waals surface area contributed by atoms with Gasteiger partial charge in [-0.25, -0.2) is 0 Å². The van der Waals surface area contributed by atoms with E-state index in [0.29, 0.717) is 6.42 Å². The molecule has 0 radical (unpaired) electrons. The van der Waals surface area contributed by atoms with Crippen LogP contribution >= 0.6 is 0 Å². The van der Waals surface area contributed by atoms with Crippen LogP contribution in [0.2, 0.25) is 0 Å². The zero-order valence-corrected chi connectivity index (χ0v) is 8.31. The van der Waals surface area contributed by atoms with Crippen molar-refractivity contribution in [2.24, 2.45) is 0 Å². The molecule has 3 rings (SSSR count). The van der Waals surface area contributed by atoms with Gasteiger partial charge in [-0.05, 0) is 11.5 Å². The predicted molar refractivity (Wildman–Crippen MR) is 60.9 cm³/mol. The number of β-lactam (4-membered cyclic amide) rings is 1. The monoisotopic (exact) mass is 197 g/mol. The fourth-order valence-corrected chi connectivity index (χ4v) is 2.01. The maximum absolute atomic E-state index is 11.4. The number of nitrogens with zero attached hydrogens (tertiary/aromatic N) is 1. The molecule has 15 heavy (non-hydrogen) atoms. The molecule has 0 aromatic heterocycles. The largest absolute Gasteiger partial charge is 0.311 e. The minimum Gasteiger partial charge on any atom is -0.311 e. The summed E-state index contributed by atoms with van der Waals surface area (Å²) in [7, 11) is 0. The average Bonchev–Trinajstić information content (AvgIpc) is 2.28. The van der Waals surface area contributed by atoms with E-state index in [2.05, 4.69) is 18.2 Å². The molecule has 0 saturated carbocycles. The molecule has 2 nitrogen and oxygen atoms in total. The van der Waals surface area contributed by atoms with E-state index in [1.54, 1.807) is 0 Å². The molecule has 1 amide bonds. The molecule has 1 aliphatic heterocycles. The molecule has 74 valence electrons. The second-order valence-corrected chi connectivity index (χ2v) is 3.79. The van der Waals surface area contributed by atoms with Crippen molar-refractivity contribution >= 4 is 22.4 Å². The molecule has 1 heterocycles. The van der Waals surface area contributed by atoms with E-state index in [1.807, 2.05) is 29.2 Å². The Hall–Kier alpha value is -1.83. The molecule has 0 bridgehead atoms. The van der Waals surface area contributed by atoms with Gasteiger partial charge in [0.2, 0.25) is 5.91 Å². The first-order chi connectivity index (χ1) is 7.36. The van der Waals surface area contributed by atoms with E-state index in [9.17, 15) is 4.79 Å². The highest BCUT2D eigenvalue weighted by molar-refractivity contribution is 6.07. The lowest BCUT2D eigenvalue weighted by Gasteiger charge is -2.31. The highest BCUT2D eigenvalue weighted by Gasteiger charge is 2.26. The van der Waals surface area contributed by atoms with Gasteiger partial charge in [-0.3, -0.25) is 4.79 Å². The van der Waals surface area contributed by atoms with Gasteiger partial charge in [0.15, 0.2) is 0 Å². The van der Waals surface area contributed by atoms with Crippen LogP contribution in [0.5, 0.6) is 0 Å². The van der Waals surface area contributed by atoms with Gasteiger partial charge in [-0.2, -0.15) is 0 Å². The zero-order valence-electron chi connectivity index (χ0n) is 8.31. The van der Waals surface area contributed by atoms with E-state index in [0.717, 1.165) is 17.6 Å². The van der Waals surface area contributed by atoms with Gasteiger partial charge in [0, 0.05) is 18.4 Å². The Labute approximate surface area is 88.1 Å². The van der Waals surface area contributed by atoms with Gasteiger partial charge in [0.05, 0.1) is 5.69 Å². The van der Waals surface area contributed by atoms with Gasteiger partial charge in [0.1, 0.15) is 0 Å². The van der Waals surface area contributed by atoms with Crippen LogP contribution in [0.3, 0.4) is 0 Å². The lowest BCUT2D eigenvalue weighted by Crippen LogP contribution is -2.43. The summed E-state index contributed by atoms with van der Waals surface area (Å²) in [5, 5.41) is 2.35. The second kappa shape index (κ2) is 3.09. The van der Waals surface area contributed by atoms with Crippen LogP contribution < -0.4 is 4.90 Å². The molecular formula is C13H11NO. The summed E-state index contributed by atoms with van der Waals surface area (Å²) in [4.78, 5) is 13.3. The van der Waals surface area contributed by atoms with E-state index in [4.69, 9.17) is 0 Å². The zero-order chi connectivity index (χ0) is 10.3. The SMILES string of the molecule is O=C1CCN1c1cccc2ccccc12. The Bertz CT molecular complexity index is 528. The predicted octanol–water partition coefficient (Wildman–Crippen LogP) is 2.58. The number of fused-ring (bicyclic) bond motifs is 1. The van der Waals surface area contributed by atoms with Crippen molar-refractivity contribution in [3.63, 3.8) is 0 Å². The minimum absolute atomic E-state index is 0.228. The first-order valence-corrected chi connectivity index (χ1v) is 5.14. The third-order valence-corrected chi connectivity index (χ3v) is 2.91. The molecule has 1 aliphatic rings. The van der Waals surface area contributed by atoms with Crippen LogP contribution in [0.1, 0.15) is 6.42 Å². The summed E-state index contributed by atoms with van der Waals surface area (Å²) < 4.78 is 0. The van der Waals surface area contributed by atoms with Crippen LogP contribution in [0.25, 0.3) is 10.8 Å². The topological polar surface area (TPSA) is 20.3 Å². The quantitative estimate of drug-likeness (QED) is 0.643. The van der Waals surface area contributed by atoms with Gasteiger partial charge in [0.25, 0.3) is 0 Å². The molecule has 2 aromatic carbocycles. The Morgan fingerprint density at radius 1 is 1.00 bits per heavy atom. The number of benzene rings is 2. The van der Waals surface area contributed by atoms with Crippen molar-refractivity contribution in [3.05, 3.63) is 42.5 Å². The summed E-state index contributed by atoms with van der Waals surface area (Å²) in [5.41, 5.74) is 1.05. The highest BCUT2D eigenvalue weighted by atomic mass is 16.2. The lowest BCUT2D eigenvalue weighted by atomic mass is 10.1. The summed E-state index contributed by atoms with van der Waals surface area (Å²) in [6.45, 7) is 0.854. The number of carbonyl (C=O) groups excluding carboxylic acids is 1. The fraction of sp³-hybridized carbons (Fsp3) is 0.154. The van der Waals surface area contributed by atoms with E-state index in [1.165, 1.54) is 5.39 Å². The van der Waals surface area contributed by atoms with Gasteiger partial charge in [-0.15, -0.1) is 0 Å². The number of hydrogen-bond donors (Lipinski definition) is 0. The molecule has 0 atom stereocenters. The number of carbonyl (C=O) groups is 1. The minimum atomic E-state index is 0.228. The molecule has 1 fully saturated rings. The number of rotatable bonds is 1. The van der Waals surface area contributed by atoms with Crippen molar-refractivity contribution in [3.8, 4) is 0 Å². The van der Waals surface area contributed by atoms with Crippen LogP contribution in [-0.2, 0) is 4.79 Å². The fourth-order valence-electron chi connectivity index (χ4n) is 2.01. The van der Waals surface area contributed by atoms with Crippen molar-refractivity contribution < 1.29 is 4.79 Å². The summed E-state index contributed by atoms with van der Waals surface area (Å²) in [5.74, 6) is 0.228. The van der Waals surface area contributed by atoms with Crippen LogP contribution in [0, 0.1) is 0 Å². The van der Waals surface area contributed by atoms with Crippen molar-refractivity contribution in [1.82, 2.24) is 0 Å². The average molecular weight is 197 g/mol. The Balaban J connectivity index is 2.21. The van der Waals surface area contributed by atoms with Crippen molar-refractivity contribution in [1.29, 1.82) is 0 Å². The summed E-state index contributed by atoms with van der Waals surface area (Å²) in [6.07, 6.45) is 0.684. The van der Waals surface area contributed by atoms with Crippen LogP contribution in [0.15, 0.2) is 42.5 Å². The van der Waals surface area contributed by atoms with Crippen LogP contribution in [0.4, 0.5) is 5.69 Å². The first kappa shape index (κ1) is 8.48. The lowest BCUT2D eigenvalue weighted by molar-refractivity contribution is -0.122. The molecule has 0 aliphatic carbocycles. The Morgan fingerprint density at radius 3 is 2.53 bits per heavy atom. The molecule has 0 N–H and O–H groups in total. The third-order valence-electron chi connectivity index (χ3n) is 2.91. The molecule has 0 spiro atoms. The van der Waals surface area contributed by atoms with Gasteiger partial charge >= 0.3 is 0 Å². The maximum atomic E-state index is 11.4. The first-order valence-electron chi connectivity index (χ1n) is 5.14. The summed E-state index contributed by atoms with van der Waals surface area (Å²) >= 11 is 0. The molecule has 2 heteroatoms.